The standard InChI is InChI=1S/C15H29NO2/c1-10(2)12-8-7-11(3)9-13(12)18-14(17)16-15(4,5)6/h10-13H,7-9H2,1-6H3,(H,16,17)/t11-,12+,13-/m1/s1. The molecule has 1 fully saturated rings. The van der Waals surface area contributed by atoms with Crippen molar-refractivity contribution in [2.75, 3.05) is 0 Å². The van der Waals surface area contributed by atoms with Crippen LogP contribution in [0, 0.1) is 17.8 Å². The Labute approximate surface area is 112 Å². The highest BCUT2D eigenvalue weighted by molar-refractivity contribution is 5.68. The van der Waals surface area contributed by atoms with Crippen LogP contribution in [-0.2, 0) is 4.74 Å². The highest BCUT2D eigenvalue weighted by Crippen LogP contribution is 2.35. The largest absolute Gasteiger partial charge is 0.446 e. The van der Waals surface area contributed by atoms with Crippen molar-refractivity contribution in [1.82, 2.24) is 5.32 Å². The van der Waals surface area contributed by atoms with E-state index in [-0.39, 0.29) is 17.7 Å². The average molecular weight is 255 g/mol. The van der Waals surface area contributed by atoms with Gasteiger partial charge in [-0.05, 0) is 51.4 Å². The highest BCUT2D eigenvalue weighted by Gasteiger charge is 2.33. The van der Waals surface area contributed by atoms with Crippen LogP contribution in [0.25, 0.3) is 0 Å². The maximum Gasteiger partial charge on any atom is 0.407 e. The summed E-state index contributed by atoms with van der Waals surface area (Å²) in [4.78, 5) is 11.9. The van der Waals surface area contributed by atoms with Crippen molar-refractivity contribution in [3.63, 3.8) is 0 Å². The third-order valence-electron chi connectivity index (χ3n) is 3.70. The van der Waals surface area contributed by atoms with E-state index in [1.807, 2.05) is 20.8 Å². The molecule has 0 unspecified atom stereocenters. The van der Waals surface area contributed by atoms with Gasteiger partial charge in [-0.15, -0.1) is 0 Å². The number of amides is 1. The molecule has 1 aliphatic carbocycles. The van der Waals surface area contributed by atoms with E-state index in [1.54, 1.807) is 0 Å². The first kappa shape index (κ1) is 15.3. The van der Waals surface area contributed by atoms with Crippen LogP contribution in [0.3, 0.4) is 0 Å². The van der Waals surface area contributed by atoms with Crippen LogP contribution in [0.4, 0.5) is 4.79 Å². The van der Waals surface area contributed by atoms with E-state index in [0.29, 0.717) is 17.8 Å². The minimum Gasteiger partial charge on any atom is -0.446 e. The van der Waals surface area contributed by atoms with Gasteiger partial charge >= 0.3 is 6.09 Å². The van der Waals surface area contributed by atoms with Gasteiger partial charge in [0, 0.05) is 5.54 Å². The molecule has 0 aromatic rings. The van der Waals surface area contributed by atoms with Crippen molar-refractivity contribution in [1.29, 1.82) is 0 Å². The first-order valence-corrected chi connectivity index (χ1v) is 7.18. The minimum absolute atomic E-state index is 0.0797. The van der Waals surface area contributed by atoms with Crippen molar-refractivity contribution < 1.29 is 9.53 Å². The predicted octanol–water partition coefficient (Wildman–Crippen LogP) is 3.97. The molecule has 0 aliphatic heterocycles. The summed E-state index contributed by atoms with van der Waals surface area (Å²) < 4.78 is 5.66. The number of hydrogen-bond acceptors (Lipinski definition) is 2. The number of hydrogen-bond donors (Lipinski definition) is 1. The van der Waals surface area contributed by atoms with Crippen LogP contribution in [0.2, 0.25) is 0 Å². The van der Waals surface area contributed by atoms with E-state index in [0.717, 1.165) is 6.42 Å². The Morgan fingerprint density at radius 3 is 2.39 bits per heavy atom. The summed E-state index contributed by atoms with van der Waals surface area (Å²) >= 11 is 0. The number of ether oxygens (including phenoxy) is 1. The molecule has 1 amide bonds. The van der Waals surface area contributed by atoms with Crippen molar-refractivity contribution >= 4 is 6.09 Å². The molecule has 1 saturated carbocycles. The third kappa shape index (κ3) is 4.87. The zero-order chi connectivity index (χ0) is 13.9. The Kier molecular flexibility index (Phi) is 5.06. The van der Waals surface area contributed by atoms with Gasteiger partial charge < -0.3 is 10.1 Å². The number of nitrogens with one attached hydrogen (secondary N) is 1. The van der Waals surface area contributed by atoms with Gasteiger partial charge in [-0.1, -0.05) is 27.2 Å². The van der Waals surface area contributed by atoms with Crippen molar-refractivity contribution in [2.24, 2.45) is 17.8 Å². The lowest BCUT2D eigenvalue weighted by Gasteiger charge is -2.37. The van der Waals surface area contributed by atoms with Gasteiger partial charge in [0.1, 0.15) is 6.10 Å². The molecule has 1 N–H and O–H groups in total. The summed E-state index contributed by atoms with van der Waals surface area (Å²) in [6.45, 7) is 12.6. The fourth-order valence-corrected chi connectivity index (χ4v) is 2.72. The second kappa shape index (κ2) is 5.94. The molecule has 1 aliphatic rings. The lowest BCUT2D eigenvalue weighted by molar-refractivity contribution is 0.00371. The Balaban J connectivity index is 2.58. The van der Waals surface area contributed by atoms with Crippen LogP contribution in [0.5, 0.6) is 0 Å². The summed E-state index contributed by atoms with van der Waals surface area (Å²) in [5.41, 5.74) is -0.231. The zero-order valence-electron chi connectivity index (χ0n) is 12.7. The van der Waals surface area contributed by atoms with Gasteiger partial charge in [0.2, 0.25) is 0 Å². The van der Waals surface area contributed by atoms with Crippen LogP contribution in [-0.4, -0.2) is 17.7 Å². The first-order valence-electron chi connectivity index (χ1n) is 7.18. The van der Waals surface area contributed by atoms with Gasteiger partial charge in [-0.25, -0.2) is 4.79 Å². The first-order chi connectivity index (χ1) is 8.19. The fraction of sp³-hybridized carbons (Fsp3) is 0.933. The maximum atomic E-state index is 11.9. The van der Waals surface area contributed by atoms with E-state index >= 15 is 0 Å². The Bertz CT molecular complexity index is 281. The molecule has 0 aromatic heterocycles. The Morgan fingerprint density at radius 2 is 1.89 bits per heavy atom. The van der Waals surface area contributed by atoms with Crippen molar-refractivity contribution in [2.45, 2.75) is 72.4 Å². The third-order valence-corrected chi connectivity index (χ3v) is 3.70. The molecule has 18 heavy (non-hydrogen) atoms. The van der Waals surface area contributed by atoms with E-state index in [1.165, 1.54) is 12.8 Å². The van der Waals surface area contributed by atoms with Gasteiger partial charge in [0.25, 0.3) is 0 Å². The second-order valence-electron chi connectivity index (χ2n) is 7.14. The predicted molar refractivity (Wildman–Crippen MR) is 74.5 cm³/mol. The second-order valence-corrected chi connectivity index (χ2v) is 7.14. The number of carbonyl (C=O) groups is 1. The van der Waals surface area contributed by atoms with E-state index in [4.69, 9.17) is 4.74 Å². The maximum absolute atomic E-state index is 11.9. The summed E-state index contributed by atoms with van der Waals surface area (Å²) in [5, 5.41) is 2.88. The van der Waals surface area contributed by atoms with Crippen LogP contribution in [0.15, 0.2) is 0 Å². The molecular formula is C15H29NO2. The number of rotatable bonds is 2. The Morgan fingerprint density at radius 1 is 1.28 bits per heavy atom. The van der Waals surface area contributed by atoms with Gasteiger partial charge in [0.05, 0.1) is 0 Å². The molecule has 0 radical (unpaired) electrons. The topological polar surface area (TPSA) is 38.3 Å². The molecule has 0 aromatic carbocycles. The monoisotopic (exact) mass is 255 g/mol. The molecule has 106 valence electrons. The summed E-state index contributed by atoms with van der Waals surface area (Å²) in [7, 11) is 0. The van der Waals surface area contributed by atoms with Gasteiger partial charge in [0.15, 0.2) is 0 Å². The smallest absolute Gasteiger partial charge is 0.407 e. The molecule has 3 atom stereocenters. The van der Waals surface area contributed by atoms with E-state index in [9.17, 15) is 4.79 Å². The van der Waals surface area contributed by atoms with E-state index < -0.39 is 0 Å². The van der Waals surface area contributed by atoms with Crippen molar-refractivity contribution in [3.05, 3.63) is 0 Å². The molecule has 1 rings (SSSR count). The molecule has 0 bridgehead atoms. The normalized spacial score (nSPS) is 29.2. The number of carbonyl (C=O) groups excluding carboxylic acids is 1. The minimum atomic E-state index is -0.271. The summed E-state index contributed by atoms with van der Waals surface area (Å²) in [6, 6.07) is 0. The molecule has 3 heteroatoms. The SMILES string of the molecule is CC(C)[C@@H]1CC[C@@H](C)C[C@H]1OC(=O)NC(C)(C)C. The zero-order valence-corrected chi connectivity index (χ0v) is 12.7. The van der Waals surface area contributed by atoms with Crippen LogP contribution >= 0.6 is 0 Å². The molecular weight excluding hydrogens is 226 g/mol. The number of alkyl carbamates (subject to hydrolysis) is 1. The van der Waals surface area contributed by atoms with Gasteiger partial charge in [-0.2, -0.15) is 0 Å². The van der Waals surface area contributed by atoms with Crippen LogP contribution in [0.1, 0.15) is 60.8 Å². The van der Waals surface area contributed by atoms with Crippen molar-refractivity contribution in [3.8, 4) is 0 Å². The molecule has 0 spiro atoms. The average Bonchev–Trinajstić information content (AvgIpc) is 2.13. The highest BCUT2D eigenvalue weighted by atomic mass is 16.6. The summed E-state index contributed by atoms with van der Waals surface area (Å²) in [5.74, 6) is 1.74. The molecule has 3 nitrogen and oxygen atoms in total. The lowest BCUT2D eigenvalue weighted by Crippen LogP contribution is -2.45. The molecule has 0 saturated heterocycles. The van der Waals surface area contributed by atoms with Crippen LogP contribution < -0.4 is 5.32 Å². The summed E-state index contributed by atoms with van der Waals surface area (Å²) in [6.07, 6.45) is 3.24. The van der Waals surface area contributed by atoms with E-state index in [2.05, 4.69) is 26.1 Å². The Hall–Kier alpha value is -0.730. The quantitative estimate of drug-likeness (QED) is 0.810. The fourth-order valence-electron chi connectivity index (χ4n) is 2.72. The lowest BCUT2D eigenvalue weighted by atomic mass is 9.75. The van der Waals surface area contributed by atoms with Gasteiger partial charge in [-0.3, -0.25) is 0 Å². The molecule has 0 heterocycles.